The van der Waals surface area contributed by atoms with Gasteiger partial charge in [-0.3, -0.25) is 4.79 Å². The molecule has 10 heteroatoms. The molecule has 4 amide bonds. The van der Waals surface area contributed by atoms with Gasteiger partial charge in [0.2, 0.25) is 5.91 Å². The number of carbonyl (C=O) groups is 3. The minimum Gasteiger partial charge on any atom is -0.441 e. The van der Waals surface area contributed by atoms with Crippen LogP contribution in [0.1, 0.15) is 76.0 Å². The van der Waals surface area contributed by atoms with E-state index in [0.717, 1.165) is 37.3 Å². The Hall–Kier alpha value is -3.69. The van der Waals surface area contributed by atoms with Crippen molar-refractivity contribution >= 4 is 18.0 Å². The standard InChI is InChI=1S/C29H40F2N4O4/c1-19(2)26(21-13-8-7-9-14-21)39-29(38)35-25(20(3)22-15-12-16-23(30)24(22)31)27(36)33-17-10-5-4-6-11-18-34-28(32)37/h7-9,12-16,19-20,25-26H,4-6,10-11,17-18H2,1-3H3,(H,33,36)(H,35,38)(H3,32,34,37). The highest BCUT2D eigenvalue weighted by atomic mass is 19.2. The van der Waals surface area contributed by atoms with Crippen LogP contribution in [0.3, 0.4) is 0 Å². The molecule has 5 N–H and O–H groups in total. The van der Waals surface area contributed by atoms with Crippen LogP contribution in [0.5, 0.6) is 0 Å². The molecule has 214 valence electrons. The highest BCUT2D eigenvalue weighted by Gasteiger charge is 2.32. The van der Waals surface area contributed by atoms with Crippen LogP contribution in [-0.4, -0.2) is 37.2 Å². The molecule has 0 fully saturated rings. The Bertz CT molecular complexity index is 1070. The molecule has 2 aromatic carbocycles. The summed E-state index contributed by atoms with van der Waals surface area (Å²) in [6.45, 7) is 6.25. The Kier molecular flexibility index (Phi) is 13.2. The van der Waals surface area contributed by atoms with Crippen molar-refractivity contribution in [1.29, 1.82) is 0 Å². The van der Waals surface area contributed by atoms with E-state index in [1.165, 1.54) is 12.1 Å². The molecule has 2 aromatic rings. The summed E-state index contributed by atoms with van der Waals surface area (Å²) in [6, 6.07) is 11.3. The van der Waals surface area contributed by atoms with Crippen LogP contribution in [0.2, 0.25) is 0 Å². The van der Waals surface area contributed by atoms with Gasteiger partial charge in [-0.2, -0.15) is 0 Å². The summed E-state index contributed by atoms with van der Waals surface area (Å²) in [6.07, 6.45) is 2.76. The number of alkyl carbamates (subject to hydrolysis) is 1. The van der Waals surface area contributed by atoms with Crippen molar-refractivity contribution in [2.24, 2.45) is 11.7 Å². The maximum atomic E-state index is 14.6. The van der Waals surface area contributed by atoms with Crippen molar-refractivity contribution in [3.05, 3.63) is 71.3 Å². The summed E-state index contributed by atoms with van der Waals surface area (Å²) in [5, 5.41) is 7.93. The molecule has 2 rings (SSSR count). The number of halogens is 2. The van der Waals surface area contributed by atoms with Gasteiger partial charge in [-0.25, -0.2) is 18.4 Å². The van der Waals surface area contributed by atoms with Gasteiger partial charge in [0, 0.05) is 19.0 Å². The molecule has 0 saturated heterocycles. The number of primary amides is 1. The molecule has 0 spiro atoms. The number of carbonyl (C=O) groups excluding carboxylic acids is 3. The fourth-order valence-corrected chi connectivity index (χ4v) is 4.29. The fraction of sp³-hybridized carbons (Fsp3) is 0.483. The van der Waals surface area contributed by atoms with Gasteiger partial charge < -0.3 is 26.4 Å². The molecule has 8 nitrogen and oxygen atoms in total. The first-order valence-corrected chi connectivity index (χ1v) is 13.4. The van der Waals surface area contributed by atoms with E-state index in [2.05, 4.69) is 16.0 Å². The van der Waals surface area contributed by atoms with Crippen LogP contribution < -0.4 is 21.7 Å². The average molecular weight is 547 g/mol. The molecule has 39 heavy (non-hydrogen) atoms. The molecular formula is C29H40F2N4O4. The second-order valence-corrected chi connectivity index (χ2v) is 9.88. The third kappa shape index (κ3) is 10.5. The van der Waals surface area contributed by atoms with Gasteiger partial charge in [0.15, 0.2) is 11.6 Å². The van der Waals surface area contributed by atoms with Crippen molar-refractivity contribution in [1.82, 2.24) is 16.0 Å². The Balaban J connectivity index is 2.03. The monoisotopic (exact) mass is 546 g/mol. The quantitative estimate of drug-likeness (QED) is 0.227. The predicted molar refractivity (Wildman–Crippen MR) is 146 cm³/mol. The van der Waals surface area contributed by atoms with Crippen LogP contribution in [0.25, 0.3) is 0 Å². The zero-order valence-corrected chi connectivity index (χ0v) is 22.8. The molecule has 0 aliphatic rings. The van der Waals surface area contributed by atoms with E-state index < -0.39 is 47.7 Å². The lowest BCUT2D eigenvalue weighted by Crippen LogP contribution is -2.50. The molecule has 3 unspecified atom stereocenters. The van der Waals surface area contributed by atoms with E-state index in [4.69, 9.17) is 10.5 Å². The lowest BCUT2D eigenvalue weighted by Gasteiger charge is -2.27. The van der Waals surface area contributed by atoms with E-state index in [1.807, 2.05) is 44.2 Å². The molecule has 0 radical (unpaired) electrons. The van der Waals surface area contributed by atoms with E-state index in [0.29, 0.717) is 19.5 Å². The molecular weight excluding hydrogens is 506 g/mol. The zero-order valence-electron chi connectivity index (χ0n) is 22.8. The van der Waals surface area contributed by atoms with E-state index in [-0.39, 0.29) is 11.5 Å². The summed E-state index contributed by atoms with van der Waals surface area (Å²) in [4.78, 5) is 36.8. The summed E-state index contributed by atoms with van der Waals surface area (Å²) < 4.78 is 34.2. The predicted octanol–water partition coefficient (Wildman–Crippen LogP) is 5.30. The van der Waals surface area contributed by atoms with E-state index in [1.54, 1.807) is 6.92 Å². The summed E-state index contributed by atoms with van der Waals surface area (Å²) in [5.74, 6) is -3.53. The zero-order chi connectivity index (χ0) is 28.8. The Labute approximate surface area is 229 Å². The molecule has 0 heterocycles. The lowest BCUT2D eigenvalue weighted by molar-refractivity contribution is -0.123. The Morgan fingerprint density at radius 3 is 2.08 bits per heavy atom. The van der Waals surface area contributed by atoms with Crippen LogP contribution in [0, 0.1) is 17.6 Å². The maximum Gasteiger partial charge on any atom is 0.408 e. The minimum absolute atomic E-state index is 0.0245. The number of nitrogens with one attached hydrogen (secondary N) is 3. The van der Waals surface area contributed by atoms with Gasteiger partial charge >= 0.3 is 12.1 Å². The third-order valence-corrected chi connectivity index (χ3v) is 6.45. The van der Waals surface area contributed by atoms with Crippen molar-refractivity contribution in [3.8, 4) is 0 Å². The number of amides is 4. The first kappa shape index (κ1) is 31.5. The average Bonchev–Trinajstić information content (AvgIpc) is 2.90. The SMILES string of the molecule is CC(C)C(OC(=O)NC(C(=O)NCCCCCCCNC(N)=O)C(C)c1cccc(F)c1F)c1ccccc1. The number of ether oxygens (including phenoxy) is 1. The summed E-state index contributed by atoms with van der Waals surface area (Å²) in [5.41, 5.74) is 5.81. The van der Waals surface area contributed by atoms with E-state index >= 15 is 0 Å². The molecule has 0 aliphatic carbocycles. The van der Waals surface area contributed by atoms with Gasteiger partial charge in [-0.1, -0.05) is 82.5 Å². The molecule has 0 aliphatic heterocycles. The molecule has 0 bridgehead atoms. The number of hydrogen-bond acceptors (Lipinski definition) is 4. The van der Waals surface area contributed by atoms with Crippen molar-refractivity contribution in [2.45, 2.75) is 70.9 Å². The number of benzene rings is 2. The number of unbranched alkanes of at least 4 members (excludes halogenated alkanes) is 4. The van der Waals surface area contributed by atoms with E-state index in [9.17, 15) is 23.2 Å². The number of nitrogens with two attached hydrogens (primary N) is 1. The van der Waals surface area contributed by atoms with Gasteiger partial charge in [-0.05, 0) is 36.0 Å². The van der Waals surface area contributed by atoms with Crippen LogP contribution in [0.4, 0.5) is 18.4 Å². The summed E-state index contributed by atoms with van der Waals surface area (Å²) in [7, 11) is 0. The smallest absolute Gasteiger partial charge is 0.408 e. The Morgan fingerprint density at radius 1 is 0.846 bits per heavy atom. The molecule has 0 saturated carbocycles. The highest BCUT2D eigenvalue weighted by Crippen LogP contribution is 2.27. The minimum atomic E-state index is -1.20. The number of urea groups is 1. The van der Waals surface area contributed by atoms with Gasteiger partial charge in [0.1, 0.15) is 12.1 Å². The Morgan fingerprint density at radius 2 is 1.46 bits per heavy atom. The van der Waals surface area contributed by atoms with Gasteiger partial charge in [0.05, 0.1) is 0 Å². The summed E-state index contributed by atoms with van der Waals surface area (Å²) >= 11 is 0. The molecule has 0 aromatic heterocycles. The first-order valence-electron chi connectivity index (χ1n) is 13.4. The van der Waals surface area contributed by atoms with Crippen LogP contribution >= 0.6 is 0 Å². The number of rotatable bonds is 15. The van der Waals surface area contributed by atoms with Crippen LogP contribution in [-0.2, 0) is 9.53 Å². The maximum absolute atomic E-state index is 14.6. The van der Waals surface area contributed by atoms with Crippen molar-refractivity contribution < 1.29 is 27.9 Å². The second-order valence-electron chi connectivity index (χ2n) is 9.88. The van der Waals surface area contributed by atoms with Crippen molar-refractivity contribution in [3.63, 3.8) is 0 Å². The van der Waals surface area contributed by atoms with Crippen molar-refractivity contribution in [2.75, 3.05) is 13.1 Å². The lowest BCUT2D eigenvalue weighted by atomic mass is 9.92. The van der Waals surface area contributed by atoms with Crippen LogP contribution in [0.15, 0.2) is 48.5 Å². The topological polar surface area (TPSA) is 123 Å². The van der Waals surface area contributed by atoms with Gasteiger partial charge in [-0.15, -0.1) is 0 Å². The second kappa shape index (κ2) is 16.3. The highest BCUT2D eigenvalue weighted by molar-refractivity contribution is 5.86. The fourth-order valence-electron chi connectivity index (χ4n) is 4.29. The normalized spacial score (nSPS) is 13.3. The third-order valence-electron chi connectivity index (χ3n) is 6.45. The number of hydrogen-bond donors (Lipinski definition) is 4. The molecule has 3 atom stereocenters. The largest absolute Gasteiger partial charge is 0.441 e. The van der Waals surface area contributed by atoms with Gasteiger partial charge in [0.25, 0.3) is 0 Å². The first-order chi connectivity index (χ1) is 18.6.